The molecule has 2 aromatic rings. The Bertz CT molecular complexity index is 488. The molecular formula is C13H12ClNS. The van der Waals surface area contributed by atoms with Gasteiger partial charge in [-0.25, -0.2) is 4.98 Å². The average molecular weight is 250 g/mol. The summed E-state index contributed by atoms with van der Waals surface area (Å²) in [5.74, 6) is 0.515. The van der Waals surface area contributed by atoms with E-state index >= 15 is 0 Å². The van der Waals surface area contributed by atoms with E-state index in [0.717, 1.165) is 5.69 Å². The van der Waals surface area contributed by atoms with Gasteiger partial charge in [0.25, 0.3) is 0 Å². The van der Waals surface area contributed by atoms with E-state index < -0.39 is 0 Å². The Balaban J connectivity index is 2.00. The Morgan fingerprint density at radius 3 is 2.56 bits per heavy atom. The maximum Gasteiger partial charge on any atom is 0.103 e. The van der Waals surface area contributed by atoms with E-state index in [2.05, 4.69) is 40.7 Å². The Hall–Kier alpha value is -0.860. The van der Waals surface area contributed by atoms with Crippen molar-refractivity contribution in [3.05, 3.63) is 52.0 Å². The first-order chi connectivity index (χ1) is 7.85. The summed E-state index contributed by atoms with van der Waals surface area (Å²) in [4.78, 5) is 4.63. The minimum absolute atomic E-state index is 0.205. The summed E-state index contributed by atoms with van der Waals surface area (Å²) in [6.45, 7) is 0. The summed E-state index contributed by atoms with van der Waals surface area (Å²) in [5.41, 5.74) is 2.60. The second kappa shape index (κ2) is 3.86. The second-order valence-corrected chi connectivity index (χ2v) is 5.35. The number of aromatic nitrogens is 1. The third-order valence-electron chi connectivity index (χ3n) is 3.17. The van der Waals surface area contributed by atoms with Crippen LogP contribution in [0.4, 0.5) is 0 Å². The lowest BCUT2D eigenvalue weighted by atomic mass is 9.97. The van der Waals surface area contributed by atoms with Crippen LogP contribution in [0.2, 0.25) is 0 Å². The highest BCUT2D eigenvalue weighted by atomic mass is 35.5. The number of nitrogens with zero attached hydrogens (tertiary/aromatic N) is 1. The van der Waals surface area contributed by atoms with Crippen molar-refractivity contribution in [1.29, 1.82) is 0 Å². The molecule has 1 nitrogen and oxygen atoms in total. The SMILES string of the molecule is ClCc1csc(C2(c3ccccc3)CC2)n1. The molecule has 3 rings (SSSR count). The molecule has 1 heterocycles. The molecule has 1 saturated carbocycles. The van der Waals surface area contributed by atoms with Gasteiger partial charge >= 0.3 is 0 Å². The molecule has 0 aliphatic heterocycles. The summed E-state index contributed by atoms with van der Waals surface area (Å²) in [7, 11) is 0. The van der Waals surface area contributed by atoms with E-state index in [0.29, 0.717) is 5.88 Å². The minimum atomic E-state index is 0.205. The van der Waals surface area contributed by atoms with Crippen LogP contribution in [0.5, 0.6) is 0 Å². The van der Waals surface area contributed by atoms with Gasteiger partial charge in [-0.15, -0.1) is 22.9 Å². The average Bonchev–Trinajstić information content (AvgIpc) is 3.02. The normalized spacial score (nSPS) is 17.3. The highest BCUT2D eigenvalue weighted by Gasteiger charge is 2.48. The van der Waals surface area contributed by atoms with Gasteiger partial charge in [0.15, 0.2) is 0 Å². The van der Waals surface area contributed by atoms with E-state index in [9.17, 15) is 0 Å². The molecule has 16 heavy (non-hydrogen) atoms. The highest BCUT2D eigenvalue weighted by molar-refractivity contribution is 7.10. The van der Waals surface area contributed by atoms with E-state index in [-0.39, 0.29) is 5.41 Å². The first-order valence-electron chi connectivity index (χ1n) is 5.41. The first kappa shape index (κ1) is 10.3. The van der Waals surface area contributed by atoms with Crippen molar-refractivity contribution < 1.29 is 0 Å². The smallest absolute Gasteiger partial charge is 0.103 e. The van der Waals surface area contributed by atoms with Crippen LogP contribution in [-0.2, 0) is 11.3 Å². The molecular weight excluding hydrogens is 238 g/mol. The molecule has 0 radical (unpaired) electrons. The maximum atomic E-state index is 5.80. The Morgan fingerprint density at radius 1 is 1.25 bits per heavy atom. The van der Waals surface area contributed by atoms with Crippen LogP contribution in [0.25, 0.3) is 0 Å². The van der Waals surface area contributed by atoms with Crippen LogP contribution in [0.3, 0.4) is 0 Å². The van der Waals surface area contributed by atoms with Crippen molar-refractivity contribution in [2.24, 2.45) is 0 Å². The van der Waals surface area contributed by atoms with Crippen LogP contribution in [0, 0.1) is 0 Å². The van der Waals surface area contributed by atoms with Gasteiger partial charge in [0.1, 0.15) is 5.01 Å². The van der Waals surface area contributed by atoms with Crippen LogP contribution in [0.15, 0.2) is 35.7 Å². The number of thiazole rings is 1. The lowest BCUT2D eigenvalue weighted by Gasteiger charge is -2.11. The lowest BCUT2D eigenvalue weighted by molar-refractivity contribution is 0.827. The monoisotopic (exact) mass is 249 g/mol. The Labute approximate surface area is 104 Å². The molecule has 1 aliphatic carbocycles. The molecule has 0 spiro atoms. The van der Waals surface area contributed by atoms with Gasteiger partial charge < -0.3 is 0 Å². The van der Waals surface area contributed by atoms with E-state index in [4.69, 9.17) is 11.6 Å². The van der Waals surface area contributed by atoms with Crippen molar-refractivity contribution in [2.45, 2.75) is 24.1 Å². The van der Waals surface area contributed by atoms with E-state index in [1.165, 1.54) is 23.4 Å². The van der Waals surface area contributed by atoms with Crippen LogP contribution in [-0.4, -0.2) is 4.98 Å². The molecule has 1 aliphatic rings. The predicted molar refractivity (Wildman–Crippen MR) is 68.1 cm³/mol. The van der Waals surface area contributed by atoms with Crippen LogP contribution in [0.1, 0.15) is 29.1 Å². The molecule has 82 valence electrons. The summed E-state index contributed by atoms with van der Waals surface area (Å²) in [5, 5.41) is 3.31. The largest absolute Gasteiger partial charge is 0.244 e. The van der Waals surface area contributed by atoms with Gasteiger partial charge in [0.05, 0.1) is 11.6 Å². The van der Waals surface area contributed by atoms with Gasteiger partial charge in [-0.2, -0.15) is 0 Å². The molecule has 1 aromatic carbocycles. The molecule has 3 heteroatoms. The third-order valence-corrected chi connectivity index (χ3v) is 4.54. The van der Waals surface area contributed by atoms with Crippen molar-refractivity contribution in [1.82, 2.24) is 4.98 Å². The summed E-state index contributed by atoms with van der Waals surface area (Å²) in [6, 6.07) is 10.7. The third kappa shape index (κ3) is 1.57. The second-order valence-electron chi connectivity index (χ2n) is 4.23. The van der Waals surface area contributed by atoms with Crippen molar-refractivity contribution >= 4 is 22.9 Å². The first-order valence-corrected chi connectivity index (χ1v) is 6.83. The molecule has 0 unspecified atom stereocenters. The van der Waals surface area contributed by atoms with Gasteiger partial charge in [0.2, 0.25) is 0 Å². The number of hydrogen-bond acceptors (Lipinski definition) is 2. The molecule has 1 aromatic heterocycles. The summed E-state index contributed by atoms with van der Waals surface area (Å²) >= 11 is 7.54. The number of benzene rings is 1. The van der Waals surface area contributed by atoms with Gasteiger partial charge in [-0.05, 0) is 18.4 Å². The summed E-state index contributed by atoms with van der Waals surface area (Å²) < 4.78 is 0. The fourth-order valence-corrected chi connectivity index (χ4v) is 3.43. The zero-order chi connectivity index (χ0) is 11.0. The maximum absolute atomic E-state index is 5.80. The number of rotatable bonds is 3. The molecule has 0 N–H and O–H groups in total. The van der Waals surface area contributed by atoms with E-state index in [1.54, 1.807) is 11.3 Å². The van der Waals surface area contributed by atoms with Crippen molar-refractivity contribution in [2.75, 3.05) is 0 Å². The Morgan fingerprint density at radius 2 is 2.00 bits per heavy atom. The summed E-state index contributed by atoms with van der Waals surface area (Å²) in [6.07, 6.45) is 2.43. The van der Waals surface area contributed by atoms with Gasteiger partial charge in [-0.3, -0.25) is 0 Å². The lowest BCUT2D eigenvalue weighted by Crippen LogP contribution is -2.07. The zero-order valence-electron chi connectivity index (χ0n) is 8.82. The van der Waals surface area contributed by atoms with Gasteiger partial charge in [-0.1, -0.05) is 30.3 Å². The fourth-order valence-electron chi connectivity index (χ4n) is 2.10. The minimum Gasteiger partial charge on any atom is -0.244 e. The van der Waals surface area contributed by atoms with Crippen molar-refractivity contribution in [3.8, 4) is 0 Å². The van der Waals surface area contributed by atoms with Crippen LogP contribution >= 0.6 is 22.9 Å². The van der Waals surface area contributed by atoms with E-state index in [1.807, 2.05) is 0 Å². The molecule has 0 atom stereocenters. The molecule has 0 amide bonds. The molecule has 0 saturated heterocycles. The van der Waals surface area contributed by atoms with Crippen LogP contribution < -0.4 is 0 Å². The number of hydrogen-bond donors (Lipinski definition) is 0. The standard InChI is InChI=1S/C13H12ClNS/c14-8-11-9-16-12(15-11)13(6-7-13)10-4-2-1-3-5-10/h1-5,9H,6-8H2. The predicted octanol–water partition coefficient (Wildman–Crippen LogP) is 3.96. The topological polar surface area (TPSA) is 12.9 Å². The quantitative estimate of drug-likeness (QED) is 0.751. The van der Waals surface area contributed by atoms with Crippen molar-refractivity contribution in [3.63, 3.8) is 0 Å². The number of halogens is 1. The number of alkyl halides is 1. The fraction of sp³-hybridized carbons (Fsp3) is 0.308. The molecule has 0 bridgehead atoms. The van der Waals surface area contributed by atoms with Gasteiger partial charge in [0, 0.05) is 10.8 Å². The molecule has 1 fully saturated rings. The Kier molecular flexibility index (Phi) is 2.49. The zero-order valence-corrected chi connectivity index (χ0v) is 10.4. The highest BCUT2D eigenvalue weighted by Crippen LogP contribution is 2.54.